The molecule has 1 saturated heterocycles. The van der Waals surface area contributed by atoms with Crippen molar-refractivity contribution in [1.82, 2.24) is 9.80 Å². The van der Waals surface area contributed by atoms with E-state index >= 15 is 0 Å². The molecule has 5 heteroatoms. The van der Waals surface area contributed by atoms with E-state index in [0.29, 0.717) is 17.3 Å². The molecule has 102 valence electrons. The van der Waals surface area contributed by atoms with Crippen LogP contribution < -0.4 is 5.73 Å². The Labute approximate surface area is 114 Å². The number of hydrogen-bond acceptors (Lipinski definition) is 4. The molecule has 1 fully saturated rings. The van der Waals surface area contributed by atoms with E-state index in [1.807, 2.05) is 6.20 Å². The van der Waals surface area contributed by atoms with E-state index in [1.165, 1.54) is 0 Å². The summed E-state index contributed by atoms with van der Waals surface area (Å²) in [4.78, 5) is 4.40. The number of allylic oxidation sites excluding steroid dienone is 1. The van der Waals surface area contributed by atoms with Crippen molar-refractivity contribution >= 4 is 11.6 Å². The molecule has 0 radical (unpaired) electrons. The van der Waals surface area contributed by atoms with E-state index in [4.69, 9.17) is 22.1 Å². The van der Waals surface area contributed by atoms with Gasteiger partial charge in [-0.15, -0.1) is 0 Å². The number of halogens is 1. The van der Waals surface area contributed by atoms with Crippen molar-refractivity contribution in [2.75, 3.05) is 33.2 Å². The number of likely N-dealkylation sites (tertiary alicyclic amines) is 1. The molecule has 0 bridgehead atoms. The van der Waals surface area contributed by atoms with E-state index in [1.54, 1.807) is 0 Å². The Kier molecular flexibility index (Phi) is 4.40. The van der Waals surface area contributed by atoms with E-state index in [0.717, 1.165) is 38.2 Å². The lowest BCUT2D eigenvalue weighted by Crippen LogP contribution is -2.35. The minimum atomic E-state index is 0.241. The first-order valence-corrected chi connectivity index (χ1v) is 6.93. The first kappa shape index (κ1) is 13.6. The second-order valence-electron chi connectivity index (χ2n) is 5.01. The maximum absolute atomic E-state index is 6.25. The van der Waals surface area contributed by atoms with Crippen LogP contribution in [0.5, 0.6) is 0 Å². The van der Waals surface area contributed by atoms with Crippen LogP contribution in [0, 0.1) is 0 Å². The van der Waals surface area contributed by atoms with Gasteiger partial charge in [-0.25, -0.2) is 0 Å². The lowest BCUT2D eigenvalue weighted by Gasteiger charge is -2.32. The van der Waals surface area contributed by atoms with Crippen LogP contribution in [0.4, 0.5) is 0 Å². The van der Waals surface area contributed by atoms with Crippen LogP contribution in [0.15, 0.2) is 22.7 Å². The summed E-state index contributed by atoms with van der Waals surface area (Å²) in [6.07, 6.45) is 4.23. The molecule has 0 aromatic carbocycles. The van der Waals surface area contributed by atoms with Crippen molar-refractivity contribution in [3.05, 3.63) is 22.7 Å². The van der Waals surface area contributed by atoms with Crippen LogP contribution in [0.2, 0.25) is 0 Å². The zero-order valence-corrected chi connectivity index (χ0v) is 11.9. The van der Waals surface area contributed by atoms with Gasteiger partial charge < -0.3 is 20.3 Å². The van der Waals surface area contributed by atoms with Crippen molar-refractivity contribution in [3.63, 3.8) is 0 Å². The Morgan fingerprint density at radius 1 is 1.44 bits per heavy atom. The molecule has 18 heavy (non-hydrogen) atoms. The van der Waals surface area contributed by atoms with Gasteiger partial charge in [-0.2, -0.15) is 0 Å². The average Bonchev–Trinajstić information content (AvgIpc) is 2.35. The van der Waals surface area contributed by atoms with E-state index < -0.39 is 0 Å². The van der Waals surface area contributed by atoms with Crippen molar-refractivity contribution in [1.29, 1.82) is 0 Å². The van der Waals surface area contributed by atoms with Crippen LogP contribution in [0.1, 0.15) is 19.8 Å². The highest BCUT2D eigenvalue weighted by Crippen LogP contribution is 2.27. The second kappa shape index (κ2) is 5.85. The minimum absolute atomic E-state index is 0.241. The van der Waals surface area contributed by atoms with Crippen LogP contribution in [-0.2, 0) is 4.74 Å². The summed E-state index contributed by atoms with van der Waals surface area (Å²) in [5.41, 5.74) is 6.80. The Morgan fingerprint density at radius 3 is 2.67 bits per heavy atom. The van der Waals surface area contributed by atoms with Gasteiger partial charge in [-0.1, -0.05) is 11.6 Å². The Bertz CT molecular complexity index is 359. The molecule has 2 rings (SSSR count). The molecule has 4 nitrogen and oxygen atoms in total. The Balaban J connectivity index is 1.98. The lowest BCUT2D eigenvalue weighted by molar-refractivity contribution is 0.0598. The fourth-order valence-corrected chi connectivity index (χ4v) is 2.62. The number of likely N-dealkylation sites (N-methyl/N-ethyl adjacent to an activating group) is 1. The maximum atomic E-state index is 6.25. The summed E-state index contributed by atoms with van der Waals surface area (Å²) >= 11 is 6.25. The largest absolute Gasteiger partial charge is 0.487 e. The van der Waals surface area contributed by atoms with Gasteiger partial charge in [0.1, 0.15) is 11.1 Å². The molecule has 2 heterocycles. The summed E-state index contributed by atoms with van der Waals surface area (Å²) in [5, 5.41) is 0.625. The van der Waals surface area contributed by atoms with Gasteiger partial charge in [0.2, 0.25) is 0 Å². The minimum Gasteiger partial charge on any atom is -0.487 e. The molecule has 0 amide bonds. The van der Waals surface area contributed by atoms with Crippen molar-refractivity contribution in [2.45, 2.75) is 25.9 Å². The number of nitrogens with zero attached hydrogens (tertiary/aromatic N) is 2. The van der Waals surface area contributed by atoms with Gasteiger partial charge in [-0.3, -0.25) is 0 Å². The second-order valence-corrected chi connectivity index (χ2v) is 5.42. The number of rotatable bonds is 3. The molecule has 0 aromatic rings. The van der Waals surface area contributed by atoms with Gasteiger partial charge in [0.25, 0.3) is 0 Å². The topological polar surface area (TPSA) is 41.7 Å². The standard InChI is InChI=1S/C13H22ClN3O/c1-3-17-8-11(14)13(12(15)9-17)18-10-4-6-16(2)7-5-10/h8,10H,3-7,9,15H2,1-2H3. The SMILES string of the molecule is CCN1C=C(Cl)C(OC2CCN(C)CC2)=C(N)C1. The average molecular weight is 272 g/mol. The Morgan fingerprint density at radius 2 is 2.11 bits per heavy atom. The summed E-state index contributed by atoms with van der Waals surface area (Å²) in [6.45, 7) is 5.82. The van der Waals surface area contributed by atoms with Crippen molar-refractivity contribution < 1.29 is 4.74 Å². The number of nitrogens with two attached hydrogens (primary N) is 1. The van der Waals surface area contributed by atoms with Crippen LogP contribution >= 0.6 is 11.6 Å². The third-order valence-electron chi connectivity index (χ3n) is 3.53. The molecule has 0 unspecified atom stereocenters. The first-order valence-electron chi connectivity index (χ1n) is 6.55. The summed E-state index contributed by atoms with van der Waals surface area (Å²) < 4.78 is 6.00. The van der Waals surface area contributed by atoms with Crippen molar-refractivity contribution in [3.8, 4) is 0 Å². The normalized spacial score (nSPS) is 23.3. The predicted octanol–water partition coefficient (Wildman–Crippen LogP) is 1.68. The molecular formula is C13H22ClN3O. The summed E-state index contributed by atoms with van der Waals surface area (Å²) in [6, 6.07) is 0. The maximum Gasteiger partial charge on any atom is 0.160 e. The fourth-order valence-electron chi connectivity index (χ4n) is 2.31. The first-order chi connectivity index (χ1) is 8.60. The van der Waals surface area contributed by atoms with E-state index in [9.17, 15) is 0 Å². The van der Waals surface area contributed by atoms with Gasteiger partial charge in [-0.05, 0) is 26.8 Å². The lowest BCUT2D eigenvalue weighted by atomic mass is 10.1. The molecule has 2 aliphatic heterocycles. The predicted molar refractivity (Wildman–Crippen MR) is 74.0 cm³/mol. The Hall–Kier alpha value is -0.870. The zero-order valence-electron chi connectivity index (χ0n) is 11.2. The third kappa shape index (κ3) is 3.12. The van der Waals surface area contributed by atoms with Crippen LogP contribution in [0.25, 0.3) is 0 Å². The number of ether oxygens (including phenoxy) is 1. The molecule has 2 N–H and O–H groups in total. The highest BCUT2D eigenvalue weighted by Gasteiger charge is 2.24. The molecule has 0 saturated carbocycles. The molecule has 0 aliphatic carbocycles. The van der Waals surface area contributed by atoms with E-state index in [-0.39, 0.29) is 6.10 Å². The monoisotopic (exact) mass is 271 g/mol. The van der Waals surface area contributed by atoms with Gasteiger partial charge in [0, 0.05) is 25.8 Å². The molecule has 0 aromatic heterocycles. The zero-order chi connectivity index (χ0) is 13.1. The smallest absolute Gasteiger partial charge is 0.160 e. The van der Waals surface area contributed by atoms with Crippen LogP contribution in [-0.4, -0.2) is 49.1 Å². The number of hydrogen-bond donors (Lipinski definition) is 1. The third-order valence-corrected chi connectivity index (χ3v) is 3.80. The molecule has 0 spiro atoms. The van der Waals surface area contributed by atoms with Gasteiger partial charge in [0.15, 0.2) is 5.76 Å². The highest BCUT2D eigenvalue weighted by atomic mass is 35.5. The number of piperidine rings is 1. The quantitative estimate of drug-likeness (QED) is 0.848. The highest BCUT2D eigenvalue weighted by molar-refractivity contribution is 6.31. The summed E-state index contributed by atoms with van der Waals surface area (Å²) in [7, 11) is 2.14. The molecule has 2 aliphatic rings. The van der Waals surface area contributed by atoms with Gasteiger partial charge in [0.05, 0.1) is 12.2 Å². The van der Waals surface area contributed by atoms with E-state index in [2.05, 4.69) is 23.8 Å². The molecule has 0 atom stereocenters. The summed E-state index contributed by atoms with van der Waals surface area (Å²) in [5.74, 6) is 0.691. The van der Waals surface area contributed by atoms with Crippen molar-refractivity contribution in [2.24, 2.45) is 5.73 Å². The fraction of sp³-hybridized carbons (Fsp3) is 0.692. The molecular weight excluding hydrogens is 250 g/mol. The van der Waals surface area contributed by atoms with Crippen LogP contribution in [0.3, 0.4) is 0 Å². The van der Waals surface area contributed by atoms with Gasteiger partial charge >= 0.3 is 0 Å².